The Morgan fingerprint density at radius 1 is 1.15 bits per heavy atom. The second kappa shape index (κ2) is 8.44. The van der Waals surface area contributed by atoms with Crippen LogP contribution in [0.4, 0.5) is 10.5 Å². The number of carbonyl (C=O) groups excluding carboxylic acids is 1. The summed E-state index contributed by atoms with van der Waals surface area (Å²) in [6.45, 7) is 3.18. The zero-order chi connectivity index (χ0) is 18.6. The fourth-order valence-corrected chi connectivity index (χ4v) is 5.44. The van der Waals surface area contributed by atoms with Crippen molar-refractivity contribution in [2.45, 2.75) is 70.1 Å². The van der Waals surface area contributed by atoms with Gasteiger partial charge >= 0.3 is 6.03 Å². The third-order valence-electron chi connectivity index (χ3n) is 6.03. The van der Waals surface area contributed by atoms with E-state index < -0.39 is 0 Å². The highest BCUT2D eigenvalue weighted by Crippen LogP contribution is 2.35. The van der Waals surface area contributed by atoms with Gasteiger partial charge in [-0.15, -0.1) is 11.3 Å². The van der Waals surface area contributed by atoms with Crippen LogP contribution < -0.4 is 10.6 Å². The summed E-state index contributed by atoms with van der Waals surface area (Å²) < 4.78 is 0. The number of anilines is 1. The van der Waals surface area contributed by atoms with Gasteiger partial charge in [0.1, 0.15) is 0 Å². The van der Waals surface area contributed by atoms with E-state index in [9.17, 15) is 4.79 Å². The van der Waals surface area contributed by atoms with Crippen LogP contribution in [0.2, 0.25) is 0 Å². The number of rotatable bonds is 5. The van der Waals surface area contributed by atoms with Crippen molar-refractivity contribution in [3.05, 3.63) is 52.2 Å². The number of benzene rings is 1. The van der Waals surface area contributed by atoms with Gasteiger partial charge in [-0.1, -0.05) is 37.6 Å². The van der Waals surface area contributed by atoms with E-state index in [1.165, 1.54) is 29.7 Å². The predicted molar refractivity (Wildman–Crippen MR) is 112 cm³/mol. The lowest BCUT2D eigenvalue weighted by atomic mass is 9.81. The number of hydrogen-bond acceptors (Lipinski definition) is 3. The van der Waals surface area contributed by atoms with Gasteiger partial charge in [-0.2, -0.15) is 0 Å². The molecular weight excluding hydrogens is 354 g/mol. The quantitative estimate of drug-likeness (QED) is 0.761. The first-order valence-electron chi connectivity index (χ1n) is 10.2. The van der Waals surface area contributed by atoms with E-state index >= 15 is 0 Å². The second-order valence-electron chi connectivity index (χ2n) is 7.77. The number of urea groups is 1. The molecule has 3 heterocycles. The van der Waals surface area contributed by atoms with Crippen molar-refractivity contribution in [2.75, 3.05) is 5.32 Å². The SMILES string of the molecule is CCc1ccccc1NC(=O)NC1C[C@H]2CCC[C@H](C1)N2Cc1cccs1. The first-order valence-corrected chi connectivity index (χ1v) is 11.0. The molecule has 2 saturated heterocycles. The van der Waals surface area contributed by atoms with E-state index in [0.717, 1.165) is 31.5 Å². The number of amides is 2. The first kappa shape index (κ1) is 18.5. The molecule has 0 aliphatic carbocycles. The molecule has 2 N–H and O–H groups in total. The number of fused-ring (bicyclic) bond motifs is 2. The van der Waals surface area contributed by atoms with Crippen molar-refractivity contribution in [1.82, 2.24) is 10.2 Å². The molecule has 0 unspecified atom stereocenters. The van der Waals surface area contributed by atoms with Crippen LogP contribution in [0.25, 0.3) is 0 Å². The monoisotopic (exact) mass is 383 g/mol. The van der Waals surface area contributed by atoms with Crippen molar-refractivity contribution < 1.29 is 4.79 Å². The van der Waals surface area contributed by atoms with Gasteiger partial charge in [-0.05, 0) is 55.2 Å². The molecule has 4 nitrogen and oxygen atoms in total. The summed E-state index contributed by atoms with van der Waals surface area (Å²) in [5, 5.41) is 8.48. The summed E-state index contributed by atoms with van der Waals surface area (Å²) in [6, 6.07) is 13.8. The van der Waals surface area contributed by atoms with Crippen LogP contribution in [0.5, 0.6) is 0 Å². The Hall–Kier alpha value is -1.85. The van der Waals surface area contributed by atoms with Gasteiger partial charge in [-0.25, -0.2) is 4.79 Å². The smallest absolute Gasteiger partial charge is 0.319 e. The molecular formula is C22H29N3OS. The molecule has 1 aromatic carbocycles. The molecule has 2 atom stereocenters. The summed E-state index contributed by atoms with van der Waals surface area (Å²) in [6.07, 6.45) is 6.86. The molecule has 2 amide bonds. The Balaban J connectivity index is 1.36. The van der Waals surface area contributed by atoms with Gasteiger partial charge in [0.15, 0.2) is 0 Å². The van der Waals surface area contributed by atoms with Gasteiger partial charge in [0.25, 0.3) is 0 Å². The summed E-state index contributed by atoms with van der Waals surface area (Å²) in [4.78, 5) is 16.7. The number of aryl methyl sites for hydroxylation is 1. The molecule has 2 fully saturated rings. The minimum Gasteiger partial charge on any atom is -0.335 e. The Morgan fingerprint density at radius 3 is 2.63 bits per heavy atom. The number of hydrogen-bond donors (Lipinski definition) is 2. The largest absolute Gasteiger partial charge is 0.335 e. The number of nitrogens with one attached hydrogen (secondary N) is 2. The van der Waals surface area contributed by atoms with E-state index in [4.69, 9.17) is 0 Å². The van der Waals surface area contributed by atoms with Gasteiger partial charge in [0.05, 0.1) is 0 Å². The Labute approximate surface area is 166 Å². The standard InChI is InChI=1S/C22H29N3OS/c1-2-16-7-3-4-11-21(16)24-22(26)23-17-13-18-8-5-9-19(14-17)25(18)15-20-10-6-12-27-20/h3-4,6-7,10-12,17-19H,2,5,8-9,13-15H2,1H3,(H2,23,24,26)/t18-,19-/m1/s1. The summed E-state index contributed by atoms with van der Waals surface area (Å²) in [7, 11) is 0. The van der Waals surface area contributed by atoms with Crippen LogP contribution in [0.15, 0.2) is 41.8 Å². The maximum Gasteiger partial charge on any atom is 0.319 e. The second-order valence-corrected chi connectivity index (χ2v) is 8.80. The topological polar surface area (TPSA) is 44.4 Å². The maximum atomic E-state index is 12.6. The summed E-state index contributed by atoms with van der Waals surface area (Å²) >= 11 is 1.85. The molecule has 4 rings (SSSR count). The van der Waals surface area contributed by atoms with Crippen molar-refractivity contribution in [3.63, 3.8) is 0 Å². The molecule has 0 saturated carbocycles. The van der Waals surface area contributed by atoms with Gasteiger partial charge in [0, 0.05) is 35.2 Å². The Bertz CT molecular complexity index is 747. The normalized spacial score (nSPS) is 25.1. The average molecular weight is 384 g/mol. The predicted octanol–water partition coefficient (Wildman–Crippen LogP) is 5.02. The molecule has 2 aliphatic rings. The van der Waals surface area contributed by atoms with Gasteiger partial charge in [-0.3, -0.25) is 4.90 Å². The van der Waals surface area contributed by atoms with E-state index in [-0.39, 0.29) is 12.1 Å². The number of para-hydroxylation sites is 1. The lowest BCUT2D eigenvalue weighted by Gasteiger charge is -2.49. The average Bonchev–Trinajstić information content (AvgIpc) is 3.16. The number of carbonyl (C=O) groups is 1. The third-order valence-corrected chi connectivity index (χ3v) is 6.89. The number of piperidine rings is 2. The molecule has 2 aliphatic heterocycles. The fourth-order valence-electron chi connectivity index (χ4n) is 4.73. The highest BCUT2D eigenvalue weighted by atomic mass is 32.1. The zero-order valence-corrected chi connectivity index (χ0v) is 16.8. The van der Waals surface area contributed by atoms with Gasteiger partial charge in [0.2, 0.25) is 0 Å². The third kappa shape index (κ3) is 4.36. The first-order chi connectivity index (χ1) is 13.2. The maximum absolute atomic E-state index is 12.6. The van der Waals surface area contributed by atoms with Crippen LogP contribution in [0, 0.1) is 0 Å². The molecule has 2 aromatic rings. The Kier molecular flexibility index (Phi) is 5.79. The lowest BCUT2D eigenvalue weighted by molar-refractivity contribution is 0.0208. The molecule has 5 heteroatoms. The summed E-state index contributed by atoms with van der Waals surface area (Å²) in [5.41, 5.74) is 2.10. The van der Waals surface area contributed by atoms with Crippen LogP contribution in [0.1, 0.15) is 49.5 Å². The minimum absolute atomic E-state index is 0.0642. The van der Waals surface area contributed by atoms with Crippen LogP contribution in [-0.4, -0.2) is 29.1 Å². The highest BCUT2D eigenvalue weighted by molar-refractivity contribution is 7.09. The molecule has 144 valence electrons. The minimum atomic E-state index is -0.0642. The van der Waals surface area contributed by atoms with Crippen molar-refractivity contribution in [3.8, 4) is 0 Å². The molecule has 0 spiro atoms. The zero-order valence-electron chi connectivity index (χ0n) is 16.0. The number of nitrogens with zero attached hydrogens (tertiary/aromatic N) is 1. The lowest BCUT2D eigenvalue weighted by Crippen LogP contribution is -2.56. The van der Waals surface area contributed by atoms with Crippen molar-refractivity contribution >= 4 is 23.1 Å². The van der Waals surface area contributed by atoms with Crippen molar-refractivity contribution in [1.29, 1.82) is 0 Å². The molecule has 0 radical (unpaired) electrons. The van der Waals surface area contributed by atoms with Crippen LogP contribution >= 0.6 is 11.3 Å². The molecule has 1 aromatic heterocycles. The van der Waals surface area contributed by atoms with Crippen LogP contribution in [-0.2, 0) is 13.0 Å². The fraction of sp³-hybridized carbons (Fsp3) is 0.500. The van der Waals surface area contributed by atoms with Crippen LogP contribution in [0.3, 0.4) is 0 Å². The van der Waals surface area contributed by atoms with E-state index in [1.54, 1.807) is 0 Å². The Morgan fingerprint density at radius 2 is 1.93 bits per heavy atom. The highest BCUT2D eigenvalue weighted by Gasteiger charge is 2.38. The van der Waals surface area contributed by atoms with Crippen molar-refractivity contribution in [2.24, 2.45) is 0 Å². The number of thiophene rings is 1. The molecule has 2 bridgehead atoms. The van der Waals surface area contributed by atoms with Gasteiger partial charge < -0.3 is 10.6 Å². The van der Waals surface area contributed by atoms with E-state index in [2.05, 4.69) is 46.0 Å². The van der Waals surface area contributed by atoms with E-state index in [1.807, 2.05) is 29.5 Å². The van der Waals surface area contributed by atoms with E-state index in [0.29, 0.717) is 12.1 Å². The summed E-state index contributed by atoms with van der Waals surface area (Å²) in [5.74, 6) is 0. The molecule has 27 heavy (non-hydrogen) atoms.